The molecule has 2 aromatic carbocycles. The van der Waals surface area contributed by atoms with Gasteiger partial charge in [-0.15, -0.1) is 11.3 Å². The van der Waals surface area contributed by atoms with Crippen LogP contribution >= 0.6 is 11.3 Å². The first-order valence-electron chi connectivity index (χ1n) is 12.1. The molecule has 0 bridgehead atoms. The van der Waals surface area contributed by atoms with Crippen molar-refractivity contribution in [2.45, 2.75) is 26.3 Å². The number of hydrogen-bond donors (Lipinski definition) is 0. The van der Waals surface area contributed by atoms with E-state index in [0.29, 0.717) is 6.42 Å². The van der Waals surface area contributed by atoms with Crippen LogP contribution in [0.2, 0.25) is 0 Å². The number of carbonyl (C=O) groups excluding carboxylic acids is 1. The highest BCUT2D eigenvalue weighted by molar-refractivity contribution is 7.14. The summed E-state index contributed by atoms with van der Waals surface area (Å²) >= 11 is 1.54. The monoisotopic (exact) mass is 494 g/mol. The molecule has 1 aliphatic heterocycles. The lowest BCUT2D eigenvalue weighted by Crippen LogP contribution is -2.54. The predicted octanol–water partition coefficient (Wildman–Crippen LogP) is 4.91. The Kier molecular flexibility index (Phi) is 8.25. The average Bonchev–Trinajstić information content (AvgIpc) is 3.41. The molecule has 35 heavy (non-hydrogen) atoms. The summed E-state index contributed by atoms with van der Waals surface area (Å²) in [5.74, 6) is 1.66. The van der Waals surface area contributed by atoms with Gasteiger partial charge in [0.2, 0.25) is 5.91 Å². The molecule has 0 unspecified atom stereocenters. The summed E-state index contributed by atoms with van der Waals surface area (Å²) in [6.45, 7) is 8.55. The van der Waals surface area contributed by atoms with E-state index in [4.69, 9.17) is 14.5 Å². The van der Waals surface area contributed by atoms with Gasteiger partial charge in [-0.05, 0) is 49.4 Å². The van der Waals surface area contributed by atoms with Crippen LogP contribution in [0.3, 0.4) is 0 Å². The molecule has 0 saturated carbocycles. The fourth-order valence-corrected chi connectivity index (χ4v) is 5.36. The third kappa shape index (κ3) is 5.44. The minimum Gasteiger partial charge on any atom is -0.497 e. The third-order valence-corrected chi connectivity index (χ3v) is 7.38. The number of para-hydroxylation sites is 2. The van der Waals surface area contributed by atoms with Gasteiger partial charge in [-0.25, -0.2) is 4.98 Å². The number of hydrogen-bond acceptors (Lipinski definition) is 7. The predicted molar refractivity (Wildman–Crippen MR) is 142 cm³/mol. The molecule has 0 aliphatic carbocycles. The summed E-state index contributed by atoms with van der Waals surface area (Å²) in [5.41, 5.74) is 2.72. The second kappa shape index (κ2) is 11.6. The molecule has 7 nitrogen and oxygen atoms in total. The molecule has 4 rings (SSSR count). The largest absolute Gasteiger partial charge is 0.497 e. The van der Waals surface area contributed by atoms with Gasteiger partial charge in [0, 0.05) is 37.1 Å². The van der Waals surface area contributed by atoms with Crippen LogP contribution < -0.4 is 14.4 Å². The van der Waals surface area contributed by atoms with Crippen LogP contribution in [0.1, 0.15) is 20.3 Å². The number of methoxy groups -OCH3 is 2. The van der Waals surface area contributed by atoms with E-state index in [1.807, 2.05) is 58.8 Å². The molecule has 3 aromatic rings. The molecule has 0 N–H and O–H groups in total. The summed E-state index contributed by atoms with van der Waals surface area (Å²) in [5, 5.41) is 2.81. The number of rotatable bonds is 9. The Morgan fingerprint density at radius 3 is 2.37 bits per heavy atom. The number of likely N-dealkylation sites (N-methyl/N-ethyl adjacent to an activating group) is 1. The Hall–Kier alpha value is -3.10. The highest BCUT2D eigenvalue weighted by atomic mass is 32.1. The van der Waals surface area contributed by atoms with E-state index >= 15 is 0 Å². The fraction of sp³-hybridized carbons (Fsp3) is 0.407. The second-order valence-electron chi connectivity index (χ2n) is 8.47. The van der Waals surface area contributed by atoms with Crippen LogP contribution in [-0.4, -0.2) is 73.7 Å². The number of anilines is 2. The summed E-state index contributed by atoms with van der Waals surface area (Å²) < 4.78 is 11.0. The maximum Gasteiger partial charge on any atom is 0.245 e. The van der Waals surface area contributed by atoms with Crippen LogP contribution in [0.5, 0.6) is 11.5 Å². The molecule has 1 fully saturated rings. The van der Waals surface area contributed by atoms with Gasteiger partial charge in [-0.3, -0.25) is 4.79 Å². The Morgan fingerprint density at radius 1 is 1.03 bits per heavy atom. The molecule has 1 saturated heterocycles. The van der Waals surface area contributed by atoms with Gasteiger partial charge in [0.1, 0.15) is 17.5 Å². The SMILES string of the molecule is CC[C@H](C(=O)N1CCN(CC)CC1)N(c1nc(-c2ccc(OC)cc2)cs1)c1ccccc1OC. The average molecular weight is 495 g/mol. The van der Waals surface area contributed by atoms with Crippen molar-refractivity contribution in [2.24, 2.45) is 0 Å². The van der Waals surface area contributed by atoms with Crippen LogP contribution in [0, 0.1) is 0 Å². The Morgan fingerprint density at radius 2 is 1.74 bits per heavy atom. The van der Waals surface area contributed by atoms with Crippen molar-refractivity contribution in [3.05, 3.63) is 53.9 Å². The molecule has 2 heterocycles. The number of ether oxygens (including phenoxy) is 2. The van der Waals surface area contributed by atoms with Crippen LogP contribution in [-0.2, 0) is 4.79 Å². The molecule has 1 aromatic heterocycles. The van der Waals surface area contributed by atoms with Crippen molar-refractivity contribution in [3.63, 3.8) is 0 Å². The highest BCUT2D eigenvalue weighted by Crippen LogP contribution is 2.39. The third-order valence-electron chi connectivity index (χ3n) is 6.54. The van der Waals surface area contributed by atoms with Gasteiger partial charge < -0.3 is 24.2 Å². The lowest BCUT2D eigenvalue weighted by atomic mass is 10.1. The first kappa shape index (κ1) is 25.0. The molecule has 1 atom stereocenters. The van der Waals surface area contributed by atoms with Gasteiger partial charge in [-0.2, -0.15) is 0 Å². The minimum atomic E-state index is -0.380. The Labute approximate surface area is 211 Å². The maximum atomic E-state index is 13.8. The fourth-order valence-electron chi connectivity index (χ4n) is 4.47. The van der Waals surface area contributed by atoms with Gasteiger partial charge in [0.05, 0.1) is 25.6 Å². The molecule has 1 amide bonds. The zero-order valence-corrected chi connectivity index (χ0v) is 21.8. The number of amides is 1. The molecule has 1 aliphatic rings. The van der Waals surface area contributed by atoms with Crippen molar-refractivity contribution in [2.75, 3.05) is 51.8 Å². The lowest BCUT2D eigenvalue weighted by molar-refractivity contribution is -0.134. The molecule has 0 spiro atoms. The topological polar surface area (TPSA) is 58.1 Å². The maximum absolute atomic E-state index is 13.8. The first-order chi connectivity index (χ1) is 17.1. The second-order valence-corrected chi connectivity index (χ2v) is 9.31. The molecule has 0 radical (unpaired) electrons. The van der Waals surface area contributed by atoms with E-state index in [1.54, 1.807) is 14.2 Å². The van der Waals surface area contributed by atoms with E-state index in [1.165, 1.54) is 11.3 Å². The summed E-state index contributed by atoms with van der Waals surface area (Å²) in [6, 6.07) is 15.3. The van der Waals surface area contributed by atoms with Crippen molar-refractivity contribution in [3.8, 4) is 22.8 Å². The van der Waals surface area contributed by atoms with E-state index in [9.17, 15) is 4.79 Å². The number of benzene rings is 2. The molecular formula is C27H34N4O3S. The summed E-state index contributed by atoms with van der Waals surface area (Å²) in [4.78, 5) is 25.3. The summed E-state index contributed by atoms with van der Waals surface area (Å²) in [6.07, 6.45) is 0.655. The number of carbonyl (C=O) groups is 1. The van der Waals surface area contributed by atoms with Crippen LogP contribution in [0.25, 0.3) is 11.3 Å². The smallest absolute Gasteiger partial charge is 0.245 e. The normalized spacial score (nSPS) is 15.0. The Bertz CT molecular complexity index is 1110. The van der Waals surface area contributed by atoms with E-state index in [-0.39, 0.29) is 11.9 Å². The van der Waals surface area contributed by atoms with Gasteiger partial charge in [-0.1, -0.05) is 26.0 Å². The standard InChI is InChI=1S/C27H34N4O3S/c1-5-23(26(32)30-17-15-29(6-2)16-18-30)31(24-9-7-8-10-25(24)34-4)27-28-22(19-35-27)20-11-13-21(33-3)14-12-20/h7-14,19,23H,5-6,15-18H2,1-4H3/t23-/m1/s1. The first-order valence-corrected chi connectivity index (χ1v) is 13.0. The van der Waals surface area contributed by atoms with E-state index < -0.39 is 0 Å². The number of thiazole rings is 1. The number of piperazine rings is 1. The molecule has 186 valence electrons. The van der Waals surface area contributed by atoms with Crippen molar-refractivity contribution in [1.82, 2.24) is 14.8 Å². The van der Waals surface area contributed by atoms with Crippen molar-refractivity contribution in [1.29, 1.82) is 0 Å². The lowest BCUT2D eigenvalue weighted by Gasteiger charge is -2.38. The van der Waals surface area contributed by atoms with Gasteiger partial charge >= 0.3 is 0 Å². The molecular weight excluding hydrogens is 460 g/mol. The van der Waals surface area contributed by atoms with Crippen molar-refractivity contribution >= 4 is 28.1 Å². The van der Waals surface area contributed by atoms with Crippen molar-refractivity contribution < 1.29 is 14.3 Å². The minimum absolute atomic E-state index is 0.135. The number of nitrogens with zero attached hydrogens (tertiary/aromatic N) is 4. The van der Waals surface area contributed by atoms with E-state index in [2.05, 4.69) is 23.6 Å². The highest BCUT2D eigenvalue weighted by Gasteiger charge is 2.34. The zero-order valence-electron chi connectivity index (χ0n) is 20.9. The Balaban J connectivity index is 1.70. The van der Waals surface area contributed by atoms with Gasteiger partial charge in [0.15, 0.2) is 5.13 Å². The number of aromatic nitrogens is 1. The van der Waals surface area contributed by atoms with Crippen LogP contribution in [0.15, 0.2) is 53.9 Å². The van der Waals surface area contributed by atoms with Gasteiger partial charge in [0.25, 0.3) is 0 Å². The van der Waals surface area contributed by atoms with Crippen LogP contribution in [0.4, 0.5) is 10.8 Å². The zero-order chi connectivity index (χ0) is 24.8. The molecule has 8 heteroatoms. The summed E-state index contributed by atoms with van der Waals surface area (Å²) in [7, 11) is 3.32. The van der Waals surface area contributed by atoms with E-state index in [0.717, 1.165) is 66.3 Å². The quantitative estimate of drug-likeness (QED) is 0.421.